The Labute approximate surface area is 266 Å². The first-order valence-electron chi connectivity index (χ1n) is 14.4. The number of hydrogen-bond donors (Lipinski definition) is 2. The third kappa shape index (κ3) is 9.91. The SMILES string of the molecule is CC(C)(CN(Cc1ccccc1C(F)(F)F)C(=S)NCCc1ccccc1)NC(=O)Cc1cncn1Cc1ccc(C#N)cc1. The minimum absolute atomic E-state index is 0.0520. The number of alkyl halides is 3. The number of rotatable bonds is 12. The van der Waals surface area contributed by atoms with Crippen LogP contribution in [0, 0.1) is 11.3 Å². The van der Waals surface area contributed by atoms with Gasteiger partial charge in [-0.2, -0.15) is 18.4 Å². The highest BCUT2D eigenvalue weighted by molar-refractivity contribution is 7.80. The summed E-state index contributed by atoms with van der Waals surface area (Å²) >= 11 is 5.69. The molecule has 234 valence electrons. The molecular formula is C34H35F3N6OS. The zero-order valence-corrected chi connectivity index (χ0v) is 26.0. The maximum absolute atomic E-state index is 13.8. The van der Waals surface area contributed by atoms with Crippen LogP contribution in [-0.4, -0.2) is 44.1 Å². The molecule has 1 amide bonds. The average Bonchev–Trinajstić information content (AvgIpc) is 3.42. The molecular weight excluding hydrogens is 597 g/mol. The van der Waals surface area contributed by atoms with E-state index >= 15 is 0 Å². The number of carbonyl (C=O) groups is 1. The molecule has 0 saturated heterocycles. The first-order valence-corrected chi connectivity index (χ1v) is 14.9. The van der Waals surface area contributed by atoms with Crippen LogP contribution in [-0.2, 0) is 36.9 Å². The highest BCUT2D eigenvalue weighted by atomic mass is 32.1. The lowest BCUT2D eigenvalue weighted by Gasteiger charge is -2.35. The number of halogens is 3. The third-order valence-corrected chi connectivity index (χ3v) is 7.55. The molecule has 1 heterocycles. The molecule has 45 heavy (non-hydrogen) atoms. The highest BCUT2D eigenvalue weighted by Gasteiger charge is 2.34. The van der Waals surface area contributed by atoms with Crippen LogP contribution in [0.2, 0.25) is 0 Å². The molecule has 0 radical (unpaired) electrons. The van der Waals surface area contributed by atoms with Crippen molar-refractivity contribution in [2.24, 2.45) is 0 Å². The van der Waals surface area contributed by atoms with Crippen molar-refractivity contribution in [1.82, 2.24) is 25.1 Å². The van der Waals surface area contributed by atoms with Crippen LogP contribution in [0.3, 0.4) is 0 Å². The normalized spacial score (nSPS) is 11.5. The van der Waals surface area contributed by atoms with Gasteiger partial charge in [0.25, 0.3) is 0 Å². The van der Waals surface area contributed by atoms with E-state index in [4.69, 9.17) is 17.5 Å². The molecule has 1 aromatic heterocycles. The average molecular weight is 633 g/mol. The van der Waals surface area contributed by atoms with Crippen LogP contribution >= 0.6 is 12.2 Å². The van der Waals surface area contributed by atoms with E-state index in [0.717, 1.165) is 17.2 Å². The molecule has 0 bridgehead atoms. The van der Waals surface area contributed by atoms with Crippen LogP contribution in [0.5, 0.6) is 0 Å². The number of carbonyl (C=O) groups excluding carboxylic acids is 1. The van der Waals surface area contributed by atoms with E-state index in [1.54, 1.807) is 35.6 Å². The van der Waals surface area contributed by atoms with Crippen LogP contribution in [0.25, 0.3) is 0 Å². The summed E-state index contributed by atoms with van der Waals surface area (Å²) in [6.45, 7) is 4.67. The summed E-state index contributed by atoms with van der Waals surface area (Å²) in [5.41, 5.74) is 1.83. The van der Waals surface area contributed by atoms with Gasteiger partial charge in [-0.05, 0) is 67.4 Å². The number of nitrogens with zero attached hydrogens (tertiary/aromatic N) is 4. The Morgan fingerprint density at radius 3 is 2.38 bits per heavy atom. The van der Waals surface area contributed by atoms with Crippen molar-refractivity contribution in [3.05, 3.63) is 125 Å². The largest absolute Gasteiger partial charge is 0.416 e. The molecule has 0 aliphatic rings. The molecule has 0 aliphatic heterocycles. The lowest BCUT2D eigenvalue weighted by molar-refractivity contribution is -0.138. The van der Waals surface area contributed by atoms with Crippen molar-refractivity contribution in [1.29, 1.82) is 5.26 Å². The Hall–Kier alpha value is -4.69. The topological polar surface area (TPSA) is 86.0 Å². The molecule has 7 nitrogen and oxygen atoms in total. The second-order valence-corrected chi connectivity index (χ2v) is 11.8. The predicted molar refractivity (Wildman–Crippen MR) is 171 cm³/mol. The molecule has 0 fully saturated rings. The van der Waals surface area contributed by atoms with Crippen LogP contribution in [0.4, 0.5) is 13.2 Å². The fraction of sp³-hybridized carbons (Fsp3) is 0.294. The zero-order chi connectivity index (χ0) is 32.5. The van der Waals surface area contributed by atoms with Crippen LogP contribution in [0.1, 0.15) is 47.4 Å². The van der Waals surface area contributed by atoms with Crippen molar-refractivity contribution >= 4 is 23.2 Å². The van der Waals surface area contributed by atoms with Gasteiger partial charge in [-0.25, -0.2) is 4.98 Å². The minimum atomic E-state index is -4.52. The Morgan fingerprint density at radius 1 is 1.00 bits per heavy atom. The summed E-state index contributed by atoms with van der Waals surface area (Å²) in [6, 6.07) is 24.5. The summed E-state index contributed by atoms with van der Waals surface area (Å²) in [6.07, 6.45) is -0.511. The lowest BCUT2D eigenvalue weighted by atomic mass is 10.0. The van der Waals surface area contributed by atoms with E-state index in [-0.39, 0.29) is 31.0 Å². The number of hydrogen-bond acceptors (Lipinski definition) is 4. The molecule has 3 aromatic carbocycles. The first-order chi connectivity index (χ1) is 21.4. The quantitative estimate of drug-likeness (QED) is 0.190. The smallest absolute Gasteiger partial charge is 0.362 e. The number of nitriles is 1. The standard InChI is InChI=1S/C34H35F3N6OS/c1-33(2,41-31(44)18-29-20-39-24-43(29)21-27-14-12-26(19-38)13-15-27)23-42(22-28-10-6-7-11-30(28)34(35,36)37)32(45)40-17-16-25-8-4-3-5-9-25/h3-15,20,24H,16-18,21-23H2,1-2H3,(H,40,45)(H,41,44). The molecule has 4 aromatic rings. The summed E-state index contributed by atoms with van der Waals surface area (Å²) in [5, 5.41) is 15.6. The number of amides is 1. The Kier molecular flexibility index (Phi) is 11.0. The van der Waals surface area contributed by atoms with Gasteiger partial charge in [-0.15, -0.1) is 0 Å². The van der Waals surface area contributed by atoms with Crippen molar-refractivity contribution in [2.45, 2.75) is 51.5 Å². The zero-order valence-electron chi connectivity index (χ0n) is 25.1. The highest BCUT2D eigenvalue weighted by Crippen LogP contribution is 2.32. The van der Waals surface area contributed by atoms with Gasteiger partial charge < -0.3 is 20.1 Å². The van der Waals surface area contributed by atoms with Crippen LogP contribution in [0.15, 0.2) is 91.4 Å². The van der Waals surface area contributed by atoms with Gasteiger partial charge in [0.15, 0.2) is 5.11 Å². The van der Waals surface area contributed by atoms with E-state index in [1.807, 2.05) is 60.9 Å². The molecule has 0 spiro atoms. The maximum atomic E-state index is 13.8. The van der Waals surface area contributed by atoms with Crippen molar-refractivity contribution < 1.29 is 18.0 Å². The van der Waals surface area contributed by atoms with E-state index < -0.39 is 17.3 Å². The second-order valence-electron chi connectivity index (χ2n) is 11.4. The number of aromatic nitrogens is 2. The minimum Gasteiger partial charge on any atom is -0.362 e. The van der Waals surface area contributed by atoms with Gasteiger partial charge in [0.05, 0.1) is 35.5 Å². The number of imidazole rings is 1. The fourth-order valence-corrected chi connectivity index (χ4v) is 5.26. The van der Waals surface area contributed by atoms with Gasteiger partial charge in [0.1, 0.15) is 0 Å². The molecule has 4 rings (SSSR count). The fourth-order valence-electron chi connectivity index (χ4n) is 5.03. The molecule has 0 atom stereocenters. The number of thiocarbonyl (C=S) groups is 1. The van der Waals surface area contributed by atoms with E-state index in [0.29, 0.717) is 35.9 Å². The molecule has 2 N–H and O–H groups in total. The summed E-state index contributed by atoms with van der Waals surface area (Å²) < 4.78 is 43.4. The second kappa shape index (κ2) is 14.9. The Balaban J connectivity index is 1.45. The molecule has 0 unspecified atom stereocenters. The molecule has 0 aliphatic carbocycles. The van der Waals surface area contributed by atoms with Gasteiger partial charge >= 0.3 is 6.18 Å². The van der Waals surface area contributed by atoms with E-state index in [1.165, 1.54) is 12.1 Å². The maximum Gasteiger partial charge on any atom is 0.416 e. The van der Waals surface area contributed by atoms with Crippen molar-refractivity contribution in [3.8, 4) is 6.07 Å². The van der Waals surface area contributed by atoms with Gasteiger partial charge in [0, 0.05) is 38.1 Å². The third-order valence-electron chi connectivity index (χ3n) is 7.14. The molecule has 11 heteroatoms. The van der Waals surface area contributed by atoms with Crippen LogP contribution < -0.4 is 10.6 Å². The monoisotopic (exact) mass is 632 g/mol. The molecule has 0 saturated carbocycles. The Morgan fingerprint density at radius 2 is 1.69 bits per heavy atom. The number of nitrogens with one attached hydrogen (secondary N) is 2. The van der Waals surface area contributed by atoms with Gasteiger partial charge in [-0.3, -0.25) is 4.79 Å². The van der Waals surface area contributed by atoms with Crippen molar-refractivity contribution in [3.63, 3.8) is 0 Å². The van der Waals surface area contributed by atoms with E-state index in [9.17, 15) is 18.0 Å². The van der Waals surface area contributed by atoms with Crippen molar-refractivity contribution in [2.75, 3.05) is 13.1 Å². The summed E-state index contributed by atoms with van der Waals surface area (Å²) in [7, 11) is 0. The summed E-state index contributed by atoms with van der Waals surface area (Å²) in [4.78, 5) is 19.1. The number of benzene rings is 3. The summed E-state index contributed by atoms with van der Waals surface area (Å²) in [5.74, 6) is -0.264. The first kappa shape index (κ1) is 33.2. The van der Waals surface area contributed by atoms with Gasteiger partial charge in [-0.1, -0.05) is 60.7 Å². The van der Waals surface area contributed by atoms with Gasteiger partial charge in [0.2, 0.25) is 5.91 Å². The van der Waals surface area contributed by atoms with E-state index in [2.05, 4.69) is 21.7 Å². The predicted octanol–water partition coefficient (Wildman–Crippen LogP) is 5.88. The Bertz CT molecular complexity index is 1630. The lowest BCUT2D eigenvalue weighted by Crippen LogP contribution is -2.54.